The van der Waals surface area contributed by atoms with E-state index in [1.54, 1.807) is 20.7 Å². The molecule has 2 aliphatic rings. The van der Waals surface area contributed by atoms with Crippen molar-refractivity contribution in [2.24, 2.45) is 5.92 Å². The maximum absolute atomic E-state index is 13.5. The average molecular weight is 516 g/mol. The monoisotopic (exact) mass is 515 g/mol. The molecule has 36 heavy (non-hydrogen) atoms. The molecule has 2 aliphatic heterocycles. The summed E-state index contributed by atoms with van der Waals surface area (Å²) in [6.07, 6.45) is 1.82. The van der Waals surface area contributed by atoms with Crippen molar-refractivity contribution in [1.82, 2.24) is 23.3 Å². The van der Waals surface area contributed by atoms with E-state index < -0.39 is 10.2 Å². The van der Waals surface area contributed by atoms with Gasteiger partial charge in [-0.15, -0.1) is 0 Å². The summed E-state index contributed by atoms with van der Waals surface area (Å²) >= 11 is 0. The van der Waals surface area contributed by atoms with Gasteiger partial charge in [0.1, 0.15) is 5.82 Å². The Morgan fingerprint density at radius 1 is 1.06 bits per heavy atom. The molecule has 2 fully saturated rings. The molecule has 194 valence electrons. The molecule has 10 heteroatoms. The Labute approximate surface area is 212 Å². The predicted octanol–water partition coefficient (Wildman–Crippen LogP) is 3.36. The Hall–Kier alpha value is -2.37. The summed E-state index contributed by atoms with van der Waals surface area (Å²) in [5.41, 5.74) is 3.92. The van der Waals surface area contributed by atoms with E-state index in [0.29, 0.717) is 51.9 Å². The van der Waals surface area contributed by atoms with Crippen molar-refractivity contribution in [1.29, 1.82) is 0 Å². The molecule has 0 aliphatic carbocycles. The molecule has 1 atom stereocenters. The van der Waals surface area contributed by atoms with E-state index >= 15 is 0 Å². The van der Waals surface area contributed by atoms with Crippen LogP contribution in [0.1, 0.15) is 31.0 Å². The topological polar surface area (TPSA) is 70.9 Å². The molecule has 0 bridgehead atoms. The van der Waals surface area contributed by atoms with Crippen molar-refractivity contribution in [3.8, 4) is 5.69 Å². The summed E-state index contributed by atoms with van der Waals surface area (Å²) in [7, 11) is -3.56. The van der Waals surface area contributed by atoms with Crippen LogP contribution in [0, 0.1) is 18.7 Å². The van der Waals surface area contributed by atoms with Gasteiger partial charge in [-0.05, 0) is 60.4 Å². The van der Waals surface area contributed by atoms with Crippen LogP contribution >= 0.6 is 0 Å². The third kappa shape index (κ3) is 4.92. The highest BCUT2D eigenvalue weighted by Gasteiger charge is 2.38. The van der Waals surface area contributed by atoms with E-state index in [1.165, 1.54) is 12.1 Å². The predicted molar refractivity (Wildman–Crippen MR) is 138 cm³/mol. The van der Waals surface area contributed by atoms with Gasteiger partial charge < -0.3 is 4.74 Å². The first-order chi connectivity index (χ1) is 17.2. The number of ether oxygens (including phenoxy) is 1. The average Bonchev–Trinajstić information content (AvgIpc) is 3.27. The zero-order valence-electron chi connectivity index (χ0n) is 21.1. The Balaban J connectivity index is 1.49. The maximum Gasteiger partial charge on any atom is 0.282 e. The number of aryl methyl sites for hydroxylation is 1. The van der Waals surface area contributed by atoms with Gasteiger partial charge in [-0.1, -0.05) is 13.8 Å². The highest BCUT2D eigenvalue weighted by atomic mass is 32.2. The smallest absolute Gasteiger partial charge is 0.282 e. The van der Waals surface area contributed by atoms with Crippen LogP contribution in [-0.4, -0.2) is 84.2 Å². The number of morpholine rings is 1. The number of aromatic nitrogens is 2. The molecule has 3 aromatic rings. The van der Waals surface area contributed by atoms with Gasteiger partial charge in [-0.3, -0.25) is 4.90 Å². The number of hydrogen-bond acceptors (Lipinski definition) is 5. The van der Waals surface area contributed by atoms with Crippen molar-refractivity contribution in [2.45, 2.75) is 26.8 Å². The van der Waals surface area contributed by atoms with Crippen LogP contribution in [0.4, 0.5) is 4.39 Å². The Morgan fingerprint density at radius 2 is 1.78 bits per heavy atom. The van der Waals surface area contributed by atoms with Crippen LogP contribution < -0.4 is 0 Å². The van der Waals surface area contributed by atoms with Crippen molar-refractivity contribution < 1.29 is 17.5 Å². The van der Waals surface area contributed by atoms with Gasteiger partial charge in [-0.25, -0.2) is 9.07 Å². The van der Waals surface area contributed by atoms with E-state index in [4.69, 9.17) is 4.74 Å². The number of benzene rings is 2. The molecule has 8 nitrogen and oxygen atoms in total. The Kier molecular flexibility index (Phi) is 7.15. The third-order valence-electron chi connectivity index (χ3n) is 7.06. The van der Waals surface area contributed by atoms with Crippen molar-refractivity contribution >= 4 is 21.1 Å². The molecule has 0 amide bonds. The number of piperazine rings is 1. The largest absolute Gasteiger partial charge is 0.379 e. The van der Waals surface area contributed by atoms with E-state index in [0.717, 1.165) is 34.3 Å². The van der Waals surface area contributed by atoms with Crippen molar-refractivity contribution in [3.63, 3.8) is 0 Å². The van der Waals surface area contributed by atoms with Crippen molar-refractivity contribution in [3.05, 3.63) is 59.5 Å². The summed E-state index contributed by atoms with van der Waals surface area (Å²) in [4.78, 5) is 2.41. The molecule has 1 aromatic heterocycles. The van der Waals surface area contributed by atoms with Gasteiger partial charge in [0.2, 0.25) is 0 Å². The molecule has 3 heterocycles. The van der Waals surface area contributed by atoms with Gasteiger partial charge in [0.05, 0.1) is 30.6 Å². The fraction of sp³-hybridized carbons (Fsp3) is 0.500. The van der Waals surface area contributed by atoms with Gasteiger partial charge in [-0.2, -0.15) is 22.1 Å². The van der Waals surface area contributed by atoms with Gasteiger partial charge in [0, 0.05) is 50.7 Å². The minimum atomic E-state index is -3.56. The third-order valence-corrected chi connectivity index (χ3v) is 9.06. The highest BCUT2D eigenvalue weighted by molar-refractivity contribution is 7.86. The molecule has 0 N–H and O–H groups in total. The fourth-order valence-corrected chi connectivity index (χ4v) is 6.85. The molecule has 0 saturated carbocycles. The van der Waals surface area contributed by atoms with Gasteiger partial charge in [0.15, 0.2) is 0 Å². The zero-order chi connectivity index (χ0) is 25.4. The molecule has 2 saturated heterocycles. The molecule has 0 unspecified atom stereocenters. The lowest BCUT2D eigenvalue weighted by atomic mass is 9.96. The number of nitrogens with zero attached hydrogens (tertiary/aromatic N) is 5. The molecule has 5 rings (SSSR count). The highest BCUT2D eigenvalue weighted by Crippen LogP contribution is 2.33. The number of rotatable bonds is 6. The Morgan fingerprint density at radius 3 is 2.47 bits per heavy atom. The van der Waals surface area contributed by atoms with E-state index in [1.807, 2.05) is 10.9 Å². The first kappa shape index (κ1) is 25.3. The summed E-state index contributed by atoms with van der Waals surface area (Å²) in [6, 6.07) is 10.5. The maximum atomic E-state index is 13.5. The lowest BCUT2D eigenvalue weighted by molar-refractivity contribution is 0.0637. The fourth-order valence-electron chi connectivity index (χ4n) is 5.27. The molecular weight excluding hydrogens is 481 g/mol. The summed E-state index contributed by atoms with van der Waals surface area (Å²) < 4.78 is 50.7. The minimum absolute atomic E-state index is 0.0597. The minimum Gasteiger partial charge on any atom is -0.379 e. The van der Waals surface area contributed by atoms with Crippen LogP contribution in [0.15, 0.2) is 42.6 Å². The summed E-state index contributed by atoms with van der Waals surface area (Å²) in [5, 5.41) is 5.53. The molecular formula is C26H34FN5O3S. The van der Waals surface area contributed by atoms with E-state index in [2.05, 4.69) is 42.9 Å². The normalized spacial score (nSPS) is 21.0. The summed E-state index contributed by atoms with van der Waals surface area (Å²) in [5.74, 6) is 0.174. The number of halogens is 1. The quantitative estimate of drug-likeness (QED) is 0.504. The second kappa shape index (κ2) is 10.2. The van der Waals surface area contributed by atoms with E-state index in [9.17, 15) is 12.8 Å². The van der Waals surface area contributed by atoms with Crippen LogP contribution in [0.5, 0.6) is 0 Å². The second-order valence-electron chi connectivity index (χ2n) is 10.1. The first-order valence-corrected chi connectivity index (χ1v) is 13.9. The van der Waals surface area contributed by atoms with Crippen LogP contribution in [0.25, 0.3) is 16.6 Å². The molecule has 0 radical (unpaired) electrons. The number of hydrogen-bond donors (Lipinski definition) is 0. The lowest BCUT2D eigenvalue weighted by Crippen LogP contribution is -2.56. The zero-order valence-corrected chi connectivity index (χ0v) is 21.9. The summed E-state index contributed by atoms with van der Waals surface area (Å²) in [6.45, 7) is 10.6. The van der Waals surface area contributed by atoms with Gasteiger partial charge >= 0.3 is 0 Å². The standard InChI is InChI=1S/C26H34FN5O3S/c1-19(2)17-29-8-9-31(36(33,34)30-10-12-35-13-11-30)18-26(29)24-15-21-16-28-32(25(21)14-20(24)3)23-6-4-22(27)5-7-23/h4-7,14-16,19,26H,8-13,17-18H2,1-3H3/t26-/m1/s1. The first-order valence-electron chi connectivity index (χ1n) is 12.6. The number of fused-ring (bicyclic) bond motifs is 1. The van der Waals surface area contributed by atoms with E-state index in [-0.39, 0.29) is 11.9 Å². The van der Waals surface area contributed by atoms with Crippen LogP contribution in [-0.2, 0) is 14.9 Å². The molecule has 0 spiro atoms. The molecule has 2 aromatic carbocycles. The van der Waals surface area contributed by atoms with Crippen LogP contribution in [0.3, 0.4) is 0 Å². The van der Waals surface area contributed by atoms with Crippen LogP contribution in [0.2, 0.25) is 0 Å². The van der Waals surface area contributed by atoms with Crippen molar-refractivity contribution in [2.75, 3.05) is 52.5 Å². The SMILES string of the molecule is Cc1cc2c(cnn2-c2ccc(F)cc2)cc1[C@H]1CN(S(=O)(=O)N2CCOCC2)CCN1CC(C)C. The Bertz CT molecular complexity index is 1320. The lowest BCUT2D eigenvalue weighted by Gasteiger charge is -2.43. The van der Waals surface area contributed by atoms with Gasteiger partial charge in [0.25, 0.3) is 10.2 Å². The second-order valence-corrected chi connectivity index (χ2v) is 12.0.